The summed E-state index contributed by atoms with van der Waals surface area (Å²) in [6.45, 7) is 1.69. The molecule has 30 heavy (non-hydrogen) atoms. The van der Waals surface area contributed by atoms with Crippen LogP contribution in [-0.4, -0.2) is 67.6 Å². The second kappa shape index (κ2) is 7.95. The monoisotopic (exact) mass is 412 g/mol. The SMILES string of the molecule is COc1cccc(NC(=O)N2CCC3(C2)CN(c2cccc(F)c2)C(=O)CN3C)c1. The Morgan fingerprint density at radius 1 is 1.17 bits per heavy atom. The van der Waals surface area contributed by atoms with Crippen LogP contribution in [0.4, 0.5) is 20.6 Å². The Labute approximate surface area is 175 Å². The number of likely N-dealkylation sites (tertiary alicyclic amines) is 1. The van der Waals surface area contributed by atoms with Gasteiger partial charge >= 0.3 is 6.03 Å². The van der Waals surface area contributed by atoms with Crippen molar-refractivity contribution in [3.63, 3.8) is 0 Å². The molecule has 0 bridgehead atoms. The summed E-state index contributed by atoms with van der Waals surface area (Å²) in [4.78, 5) is 30.9. The Morgan fingerprint density at radius 3 is 2.73 bits per heavy atom. The molecule has 1 unspecified atom stereocenters. The van der Waals surface area contributed by atoms with E-state index in [1.807, 2.05) is 30.1 Å². The minimum Gasteiger partial charge on any atom is -0.497 e. The zero-order valence-corrected chi connectivity index (χ0v) is 17.1. The molecule has 2 aliphatic rings. The number of hydrogen-bond donors (Lipinski definition) is 1. The van der Waals surface area contributed by atoms with Gasteiger partial charge in [-0.05, 0) is 43.8 Å². The van der Waals surface area contributed by atoms with E-state index in [2.05, 4.69) is 5.32 Å². The number of ether oxygens (including phenoxy) is 1. The van der Waals surface area contributed by atoms with Crippen molar-refractivity contribution in [3.8, 4) is 5.75 Å². The van der Waals surface area contributed by atoms with Gasteiger partial charge in [-0.1, -0.05) is 12.1 Å². The summed E-state index contributed by atoms with van der Waals surface area (Å²) in [6.07, 6.45) is 0.730. The van der Waals surface area contributed by atoms with Gasteiger partial charge in [0.25, 0.3) is 0 Å². The molecule has 0 saturated carbocycles. The molecule has 1 atom stereocenters. The van der Waals surface area contributed by atoms with Gasteiger partial charge in [-0.2, -0.15) is 0 Å². The highest BCUT2D eigenvalue weighted by Crippen LogP contribution is 2.34. The van der Waals surface area contributed by atoms with Gasteiger partial charge in [-0.15, -0.1) is 0 Å². The molecule has 2 heterocycles. The molecule has 4 rings (SSSR count). The van der Waals surface area contributed by atoms with Gasteiger partial charge in [-0.25, -0.2) is 9.18 Å². The minimum atomic E-state index is -0.376. The van der Waals surface area contributed by atoms with E-state index in [1.165, 1.54) is 12.1 Å². The molecule has 7 nitrogen and oxygen atoms in total. The highest BCUT2D eigenvalue weighted by molar-refractivity contribution is 5.96. The normalized spacial score (nSPS) is 21.9. The van der Waals surface area contributed by atoms with Crippen LogP contribution in [0.5, 0.6) is 5.75 Å². The maximum absolute atomic E-state index is 13.7. The highest BCUT2D eigenvalue weighted by Gasteiger charge is 2.48. The lowest BCUT2D eigenvalue weighted by Crippen LogP contribution is -2.64. The lowest BCUT2D eigenvalue weighted by Gasteiger charge is -2.46. The van der Waals surface area contributed by atoms with Crippen molar-refractivity contribution in [2.24, 2.45) is 0 Å². The predicted octanol–water partition coefficient (Wildman–Crippen LogP) is 2.79. The Kier molecular flexibility index (Phi) is 5.34. The smallest absolute Gasteiger partial charge is 0.321 e. The molecule has 2 fully saturated rings. The van der Waals surface area contributed by atoms with Crippen molar-refractivity contribution in [1.82, 2.24) is 9.80 Å². The van der Waals surface area contributed by atoms with Crippen molar-refractivity contribution in [2.75, 3.05) is 50.6 Å². The maximum atomic E-state index is 13.7. The van der Waals surface area contributed by atoms with E-state index in [9.17, 15) is 14.0 Å². The number of nitrogens with one attached hydrogen (secondary N) is 1. The van der Waals surface area contributed by atoms with Crippen molar-refractivity contribution in [3.05, 3.63) is 54.3 Å². The highest BCUT2D eigenvalue weighted by atomic mass is 19.1. The van der Waals surface area contributed by atoms with Gasteiger partial charge in [0, 0.05) is 37.1 Å². The van der Waals surface area contributed by atoms with E-state index in [1.54, 1.807) is 35.1 Å². The number of halogens is 1. The number of carbonyl (C=O) groups excluding carboxylic acids is 2. The summed E-state index contributed by atoms with van der Waals surface area (Å²) < 4.78 is 18.9. The van der Waals surface area contributed by atoms with Crippen LogP contribution in [0.2, 0.25) is 0 Å². The minimum absolute atomic E-state index is 0.0759. The van der Waals surface area contributed by atoms with E-state index >= 15 is 0 Å². The molecule has 0 aliphatic carbocycles. The van der Waals surface area contributed by atoms with Gasteiger partial charge in [0.05, 0.1) is 19.2 Å². The van der Waals surface area contributed by atoms with E-state index in [0.29, 0.717) is 36.8 Å². The van der Waals surface area contributed by atoms with Gasteiger partial charge < -0.3 is 19.9 Å². The molecule has 2 aromatic carbocycles. The van der Waals surface area contributed by atoms with Crippen LogP contribution in [-0.2, 0) is 4.79 Å². The number of amides is 3. The quantitative estimate of drug-likeness (QED) is 0.842. The molecule has 3 amide bonds. The number of methoxy groups -OCH3 is 1. The van der Waals surface area contributed by atoms with Crippen LogP contribution in [0.25, 0.3) is 0 Å². The largest absolute Gasteiger partial charge is 0.497 e. The standard InChI is InChI=1S/C22H25FN4O3/c1-25-13-20(28)27(18-7-3-5-16(23)11-18)15-22(25)9-10-26(14-22)21(29)24-17-6-4-8-19(12-17)30-2/h3-8,11-12H,9-10,13-15H2,1-2H3,(H,24,29). The molecular formula is C22H25FN4O3. The Hall–Kier alpha value is -3.13. The van der Waals surface area contributed by atoms with Crippen LogP contribution in [0, 0.1) is 5.82 Å². The first-order valence-electron chi connectivity index (χ1n) is 9.87. The summed E-state index contributed by atoms with van der Waals surface area (Å²) >= 11 is 0. The van der Waals surface area contributed by atoms with Crippen molar-refractivity contribution >= 4 is 23.3 Å². The molecule has 1 spiro atoms. The molecule has 0 radical (unpaired) electrons. The number of hydrogen-bond acceptors (Lipinski definition) is 4. The van der Waals surface area contributed by atoms with Crippen LogP contribution < -0.4 is 15.0 Å². The third-order valence-corrected chi connectivity index (χ3v) is 6.00. The van der Waals surface area contributed by atoms with Gasteiger partial charge in [0.15, 0.2) is 0 Å². The van der Waals surface area contributed by atoms with E-state index in [4.69, 9.17) is 4.74 Å². The van der Waals surface area contributed by atoms with Crippen molar-refractivity contribution in [1.29, 1.82) is 0 Å². The van der Waals surface area contributed by atoms with Gasteiger partial charge in [0.2, 0.25) is 5.91 Å². The van der Waals surface area contributed by atoms with Crippen LogP contribution in [0.1, 0.15) is 6.42 Å². The predicted molar refractivity (Wildman–Crippen MR) is 112 cm³/mol. The van der Waals surface area contributed by atoms with Crippen LogP contribution >= 0.6 is 0 Å². The lowest BCUT2D eigenvalue weighted by molar-refractivity contribution is -0.123. The fourth-order valence-electron chi connectivity index (χ4n) is 4.21. The summed E-state index contributed by atoms with van der Waals surface area (Å²) in [5.74, 6) is 0.217. The molecule has 158 valence electrons. The number of benzene rings is 2. The van der Waals surface area contributed by atoms with E-state index in [-0.39, 0.29) is 29.8 Å². The molecule has 2 aliphatic heterocycles. The number of carbonyl (C=O) groups is 2. The first kappa shape index (κ1) is 20.2. The molecule has 0 aromatic heterocycles. The number of nitrogens with zero attached hydrogens (tertiary/aromatic N) is 3. The molecular weight excluding hydrogens is 387 g/mol. The van der Waals surface area contributed by atoms with E-state index < -0.39 is 0 Å². The summed E-state index contributed by atoms with van der Waals surface area (Å²) in [7, 11) is 3.49. The lowest BCUT2D eigenvalue weighted by atomic mass is 9.92. The average molecular weight is 412 g/mol. The number of urea groups is 1. The Bertz CT molecular complexity index is 969. The summed E-state index contributed by atoms with van der Waals surface area (Å²) in [5.41, 5.74) is 0.840. The fourth-order valence-corrected chi connectivity index (χ4v) is 4.21. The van der Waals surface area contributed by atoms with Crippen LogP contribution in [0.3, 0.4) is 0 Å². The second-order valence-corrected chi connectivity index (χ2v) is 7.87. The maximum Gasteiger partial charge on any atom is 0.321 e. The number of piperazine rings is 1. The fraction of sp³-hybridized carbons (Fsp3) is 0.364. The van der Waals surface area contributed by atoms with Gasteiger partial charge in [0.1, 0.15) is 11.6 Å². The van der Waals surface area contributed by atoms with Gasteiger partial charge in [-0.3, -0.25) is 9.69 Å². The molecule has 2 saturated heterocycles. The Balaban J connectivity index is 1.49. The number of likely N-dealkylation sites (N-methyl/N-ethyl adjacent to an activating group) is 1. The first-order valence-corrected chi connectivity index (χ1v) is 9.87. The number of anilines is 2. The third-order valence-electron chi connectivity index (χ3n) is 6.00. The number of rotatable bonds is 3. The Morgan fingerprint density at radius 2 is 1.97 bits per heavy atom. The topological polar surface area (TPSA) is 65.1 Å². The zero-order chi connectivity index (χ0) is 21.3. The molecule has 1 N–H and O–H groups in total. The molecule has 8 heteroatoms. The second-order valence-electron chi connectivity index (χ2n) is 7.87. The van der Waals surface area contributed by atoms with E-state index in [0.717, 1.165) is 6.42 Å². The average Bonchev–Trinajstić information content (AvgIpc) is 3.16. The van der Waals surface area contributed by atoms with Crippen molar-refractivity contribution < 1.29 is 18.7 Å². The zero-order valence-electron chi connectivity index (χ0n) is 17.1. The van der Waals surface area contributed by atoms with Crippen LogP contribution in [0.15, 0.2) is 48.5 Å². The summed E-state index contributed by atoms with van der Waals surface area (Å²) in [5, 5.41) is 2.91. The van der Waals surface area contributed by atoms with Crippen molar-refractivity contribution in [2.45, 2.75) is 12.0 Å². The molecule has 2 aromatic rings. The summed E-state index contributed by atoms with van der Waals surface area (Å²) in [6, 6.07) is 13.1. The first-order chi connectivity index (χ1) is 14.4. The third kappa shape index (κ3) is 3.82.